The van der Waals surface area contributed by atoms with Crippen molar-refractivity contribution >= 4 is 17.8 Å². The van der Waals surface area contributed by atoms with Crippen molar-refractivity contribution in [2.45, 2.75) is 6.54 Å². The molecule has 0 unspecified atom stereocenters. The van der Waals surface area contributed by atoms with Gasteiger partial charge in [-0.05, 0) is 30.3 Å². The van der Waals surface area contributed by atoms with Crippen LogP contribution in [0.3, 0.4) is 0 Å². The number of piperazine rings is 1. The van der Waals surface area contributed by atoms with E-state index >= 15 is 0 Å². The summed E-state index contributed by atoms with van der Waals surface area (Å²) in [6, 6.07) is 11.5. The Bertz CT molecular complexity index is 930. The molecule has 0 bridgehead atoms. The SMILES string of the molecule is COc1ccc(CN2CCN(C(=O)c3ccc(F)cc3)CC2)c(OC)c1.O=C(O)C(=O)O. The summed E-state index contributed by atoms with van der Waals surface area (Å²) in [5.41, 5.74) is 1.61. The van der Waals surface area contributed by atoms with Crippen molar-refractivity contribution < 1.29 is 38.5 Å². The van der Waals surface area contributed by atoms with Crippen LogP contribution in [0, 0.1) is 5.82 Å². The van der Waals surface area contributed by atoms with E-state index in [0.717, 1.165) is 36.7 Å². The molecule has 0 aromatic heterocycles. The number of benzene rings is 2. The summed E-state index contributed by atoms with van der Waals surface area (Å²) in [6.45, 7) is 3.61. The van der Waals surface area contributed by atoms with Crippen molar-refractivity contribution in [3.05, 3.63) is 59.4 Å². The standard InChI is InChI=1S/C20H23FN2O3.C2H2O4/c1-25-18-8-5-16(19(13-18)26-2)14-22-9-11-23(12-10-22)20(24)15-3-6-17(21)7-4-15;3-1(4)2(5)6/h3-8,13H,9-12,14H2,1-2H3;(H,3,4)(H,5,6). The zero-order chi connectivity index (χ0) is 23.7. The summed E-state index contributed by atoms with van der Waals surface area (Å²) in [6.07, 6.45) is 0. The van der Waals surface area contributed by atoms with Crippen LogP contribution < -0.4 is 9.47 Å². The van der Waals surface area contributed by atoms with Crippen molar-refractivity contribution in [2.24, 2.45) is 0 Å². The number of carboxylic acids is 2. The maximum absolute atomic E-state index is 13.0. The van der Waals surface area contributed by atoms with Gasteiger partial charge in [0.1, 0.15) is 17.3 Å². The van der Waals surface area contributed by atoms with Crippen LogP contribution in [0.25, 0.3) is 0 Å². The molecule has 2 aromatic carbocycles. The van der Waals surface area contributed by atoms with Crippen LogP contribution in [-0.4, -0.2) is 78.3 Å². The lowest BCUT2D eigenvalue weighted by atomic mass is 10.1. The molecular formula is C22H25FN2O7. The maximum atomic E-state index is 13.0. The van der Waals surface area contributed by atoms with E-state index in [4.69, 9.17) is 29.3 Å². The fourth-order valence-electron chi connectivity index (χ4n) is 3.11. The Hall–Kier alpha value is -3.66. The van der Waals surface area contributed by atoms with E-state index in [-0.39, 0.29) is 11.7 Å². The number of hydrogen-bond donors (Lipinski definition) is 2. The minimum atomic E-state index is -1.82. The average molecular weight is 448 g/mol. The molecule has 1 amide bonds. The van der Waals surface area contributed by atoms with E-state index in [1.165, 1.54) is 24.3 Å². The molecule has 0 atom stereocenters. The summed E-state index contributed by atoms with van der Waals surface area (Å²) in [5.74, 6) is -2.47. The molecule has 1 saturated heterocycles. The van der Waals surface area contributed by atoms with E-state index in [1.54, 1.807) is 14.2 Å². The van der Waals surface area contributed by atoms with Gasteiger partial charge in [-0.3, -0.25) is 9.69 Å². The third-order valence-electron chi connectivity index (χ3n) is 4.82. The fraction of sp³-hybridized carbons (Fsp3) is 0.318. The van der Waals surface area contributed by atoms with E-state index in [9.17, 15) is 9.18 Å². The van der Waals surface area contributed by atoms with Gasteiger partial charge in [-0.15, -0.1) is 0 Å². The molecule has 0 radical (unpaired) electrons. The second-order valence-electron chi connectivity index (χ2n) is 6.86. The van der Waals surface area contributed by atoms with Crippen molar-refractivity contribution in [1.82, 2.24) is 9.80 Å². The normalized spacial score (nSPS) is 13.5. The van der Waals surface area contributed by atoms with Gasteiger partial charge < -0.3 is 24.6 Å². The Morgan fingerprint density at radius 2 is 1.50 bits per heavy atom. The molecular weight excluding hydrogens is 423 g/mol. The van der Waals surface area contributed by atoms with Gasteiger partial charge in [-0.1, -0.05) is 6.07 Å². The molecule has 1 aliphatic rings. The first-order chi connectivity index (χ1) is 15.2. The van der Waals surface area contributed by atoms with Crippen molar-refractivity contribution in [1.29, 1.82) is 0 Å². The first kappa shape index (κ1) is 24.6. The number of nitrogens with zero attached hydrogens (tertiary/aromatic N) is 2. The summed E-state index contributed by atoms with van der Waals surface area (Å²) in [7, 11) is 3.28. The molecule has 32 heavy (non-hydrogen) atoms. The number of ether oxygens (including phenoxy) is 2. The summed E-state index contributed by atoms with van der Waals surface area (Å²) in [5, 5.41) is 14.8. The number of carbonyl (C=O) groups excluding carboxylic acids is 1. The lowest BCUT2D eigenvalue weighted by Crippen LogP contribution is -2.48. The number of methoxy groups -OCH3 is 2. The van der Waals surface area contributed by atoms with Crippen molar-refractivity contribution in [3.8, 4) is 11.5 Å². The van der Waals surface area contributed by atoms with Gasteiger partial charge in [-0.25, -0.2) is 14.0 Å². The van der Waals surface area contributed by atoms with Crippen LogP contribution in [0.1, 0.15) is 15.9 Å². The van der Waals surface area contributed by atoms with Gasteiger partial charge in [0.15, 0.2) is 0 Å². The average Bonchev–Trinajstić information content (AvgIpc) is 2.80. The molecule has 10 heteroatoms. The second kappa shape index (κ2) is 11.7. The molecule has 0 saturated carbocycles. The highest BCUT2D eigenvalue weighted by Crippen LogP contribution is 2.26. The molecule has 2 N–H and O–H groups in total. The molecule has 1 heterocycles. The van der Waals surface area contributed by atoms with Gasteiger partial charge in [-0.2, -0.15) is 0 Å². The topological polar surface area (TPSA) is 117 Å². The minimum absolute atomic E-state index is 0.0494. The highest BCUT2D eigenvalue weighted by atomic mass is 19.1. The molecule has 0 spiro atoms. The Morgan fingerprint density at radius 3 is 2.00 bits per heavy atom. The van der Waals surface area contributed by atoms with Crippen LogP contribution in [0.4, 0.5) is 4.39 Å². The molecule has 3 rings (SSSR count). The van der Waals surface area contributed by atoms with Crippen LogP contribution in [-0.2, 0) is 16.1 Å². The predicted molar refractivity (Wildman–Crippen MR) is 112 cm³/mol. The fourth-order valence-corrected chi connectivity index (χ4v) is 3.11. The zero-order valence-corrected chi connectivity index (χ0v) is 17.8. The largest absolute Gasteiger partial charge is 0.497 e. The molecule has 172 valence electrons. The van der Waals surface area contributed by atoms with Crippen LogP contribution in [0.5, 0.6) is 11.5 Å². The van der Waals surface area contributed by atoms with Crippen LogP contribution in [0.15, 0.2) is 42.5 Å². The Kier molecular flexibility index (Phi) is 8.96. The molecule has 1 aliphatic heterocycles. The minimum Gasteiger partial charge on any atom is -0.497 e. The number of amides is 1. The smallest absolute Gasteiger partial charge is 0.414 e. The number of hydrogen-bond acceptors (Lipinski definition) is 6. The quantitative estimate of drug-likeness (QED) is 0.667. The molecule has 1 fully saturated rings. The summed E-state index contributed by atoms with van der Waals surface area (Å²) in [4.78, 5) is 34.8. The lowest BCUT2D eigenvalue weighted by Gasteiger charge is -2.35. The van der Waals surface area contributed by atoms with Gasteiger partial charge in [0, 0.05) is 49.9 Å². The number of carbonyl (C=O) groups is 3. The van der Waals surface area contributed by atoms with Crippen molar-refractivity contribution in [2.75, 3.05) is 40.4 Å². The third kappa shape index (κ3) is 6.95. The van der Waals surface area contributed by atoms with Gasteiger partial charge in [0.2, 0.25) is 0 Å². The maximum Gasteiger partial charge on any atom is 0.414 e. The van der Waals surface area contributed by atoms with E-state index in [1.807, 2.05) is 23.1 Å². The lowest BCUT2D eigenvalue weighted by molar-refractivity contribution is -0.159. The number of carboxylic acid groups (broad SMARTS) is 2. The van der Waals surface area contributed by atoms with E-state index in [2.05, 4.69) is 4.90 Å². The van der Waals surface area contributed by atoms with Crippen LogP contribution in [0.2, 0.25) is 0 Å². The summed E-state index contributed by atoms with van der Waals surface area (Å²) >= 11 is 0. The monoisotopic (exact) mass is 448 g/mol. The number of rotatable bonds is 5. The first-order valence-electron chi connectivity index (χ1n) is 9.69. The van der Waals surface area contributed by atoms with E-state index < -0.39 is 11.9 Å². The first-order valence-corrected chi connectivity index (χ1v) is 9.69. The Balaban J connectivity index is 0.000000534. The predicted octanol–water partition coefficient (Wildman–Crippen LogP) is 1.96. The molecule has 0 aliphatic carbocycles. The molecule has 2 aromatic rings. The van der Waals surface area contributed by atoms with Crippen molar-refractivity contribution in [3.63, 3.8) is 0 Å². The summed E-state index contributed by atoms with van der Waals surface area (Å²) < 4.78 is 23.7. The molecule has 9 nitrogen and oxygen atoms in total. The van der Waals surface area contributed by atoms with Gasteiger partial charge >= 0.3 is 11.9 Å². The second-order valence-corrected chi connectivity index (χ2v) is 6.86. The highest BCUT2D eigenvalue weighted by molar-refractivity contribution is 6.27. The highest BCUT2D eigenvalue weighted by Gasteiger charge is 2.23. The third-order valence-corrected chi connectivity index (χ3v) is 4.82. The Morgan fingerprint density at radius 1 is 0.906 bits per heavy atom. The van der Waals surface area contributed by atoms with Gasteiger partial charge in [0.05, 0.1) is 14.2 Å². The van der Waals surface area contributed by atoms with Crippen LogP contribution >= 0.6 is 0 Å². The Labute approximate surface area is 184 Å². The van der Waals surface area contributed by atoms with E-state index in [0.29, 0.717) is 18.7 Å². The number of aliphatic carboxylic acids is 2. The number of halogens is 1. The van der Waals surface area contributed by atoms with Gasteiger partial charge in [0.25, 0.3) is 5.91 Å². The zero-order valence-electron chi connectivity index (χ0n) is 17.8.